The molecule has 2 aliphatic rings. The molecule has 8 nitrogen and oxygen atoms in total. The minimum absolute atomic E-state index is 0.00982. The number of nitrogens with zero attached hydrogens (tertiary/aromatic N) is 4. The molecule has 2 atom stereocenters. The normalized spacial score (nSPS) is 22.2. The molecule has 2 saturated heterocycles. The van der Waals surface area contributed by atoms with Crippen LogP contribution in [0.5, 0.6) is 0 Å². The first-order valence-corrected chi connectivity index (χ1v) is 10.3. The number of hydrogen-bond acceptors (Lipinski definition) is 5. The fourth-order valence-electron chi connectivity index (χ4n) is 4.06. The van der Waals surface area contributed by atoms with Gasteiger partial charge in [-0.25, -0.2) is 9.07 Å². The van der Waals surface area contributed by atoms with Gasteiger partial charge >= 0.3 is 0 Å². The van der Waals surface area contributed by atoms with Crippen molar-refractivity contribution in [3.8, 4) is 0 Å². The average molecular weight is 415 g/mol. The minimum atomic E-state index is -1.05. The van der Waals surface area contributed by atoms with Crippen LogP contribution in [0.1, 0.15) is 35.3 Å². The van der Waals surface area contributed by atoms with Gasteiger partial charge in [-0.1, -0.05) is 35.5 Å². The van der Waals surface area contributed by atoms with Crippen molar-refractivity contribution in [2.24, 2.45) is 5.92 Å². The molecule has 0 saturated carbocycles. The maximum atomic E-state index is 14.1. The molecule has 0 spiro atoms. The van der Waals surface area contributed by atoms with E-state index in [9.17, 15) is 14.0 Å². The zero-order valence-corrected chi connectivity index (χ0v) is 16.7. The fraction of sp³-hybridized carbons (Fsp3) is 0.524. The summed E-state index contributed by atoms with van der Waals surface area (Å²) in [6.07, 6.45) is 2.12. The topological polar surface area (TPSA) is 89.4 Å². The highest BCUT2D eigenvalue weighted by atomic mass is 19.1. The number of benzene rings is 1. The molecule has 2 amide bonds. The van der Waals surface area contributed by atoms with Gasteiger partial charge in [0, 0.05) is 32.1 Å². The Morgan fingerprint density at radius 1 is 1.20 bits per heavy atom. The zero-order valence-electron chi connectivity index (χ0n) is 16.7. The van der Waals surface area contributed by atoms with Crippen molar-refractivity contribution in [3.05, 3.63) is 47.8 Å². The SMILES string of the molecule is O=C(NCc1ccccc1)c1cn(CC2CC(F)CN2C(=O)C2CCOCC2)nn1. The van der Waals surface area contributed by atoms with Gasteiger partial charge < -0.3 is 15.0 Å². The number of rotatable bonds is 6. The molecule has 160 valence electrons. The maximum absolute atomic E-state index is 14.1. The lowest BCUT2D eigenvalue weighted by molar-refractivity contribution is -0.139. The summed E-state index contributed by atoms with van der Waals surface area (Å²) >= 11 is 0. The molecule has 3 heterocycles. The Balaban J connectivity index is 1.35. The van der Waals surface area contributed by atoms with Crippen LogP contribution in [0.3, 0.4) is 0 Å². The van der Waals surface area contributed by atoms with E-state index in [2.05, 4.69) is 15.6 Å². The zero-order chi connectivity index (χ0) is 20.9. The number of likely N-dealkylation sites (tertiary alicyclic amines) is 1. The monoisotopic (exact) mass is 415 g/mol. The largest absolute Gasteiger partial charge is 0.381 e. The van der Waals surface area contributed by atoms with Gasteiger partial charge in [0.15, 0.2) is 5.69 Å². The summed E-state index contributed by atoms with van der Waals surface area (Å²) in [4.78, 5) is 26.8. The first-order chi connectivity index (χ1) is 14.6. The van der Waals surface area contributed by atoms with E-state index in [0.717, 1.165) is 5.56 Å². The number of carbonyl (C=O) groups is 2. The summed E-state index contributed by atoms with van der Waals surface area (Å²) in [5.41, 5.74) is 1.18. The molecule has 0 aliphatic carbocycles. The summed E-state index contributed by atoms with van der Waals surface area (Å²) in [6, 6.07) is 9.29. The number of halogens is 1. The van der Waals surface area contributed by atoms with Gasteiger partial charge in [0.1, 0.15) is 6.17 Å². The average Bonchev–Trinajstić information content (AvgIpc) is 3.39. The molecule has 0 bridgehead atoms. The summed E-state index contributed by atoms with van der Waals surface area (Å²) in [6.45, 7) is 1.96. The van der Waals surface area contributed by atoms with Crippen LogP contribution in [0, 0.1) is 5.92 Å². The van der Waals surface area contributed by atoms with E-state index in [0.29, 0.717) is 39.1 Å². The molecule has 2 aromatic rings. The molecule has 1 aromatic carbocycles. The first kappa shape index (κ1) is 20.5. The highest BCUT2D eigenvalue weighted by molar-refractivity contribution is 5.91. The standard InChI is InChI=1S/C21H26FN5O3/c22-17-10-18(27(12-17)21(29)16-6-8-30-9-7-16)13-26-14-19(24-25-26)20(28)23-11-15-4-2-1-3-5-15/h1-5,14,16-18H,6-13H2,(H,23,28). The first-order valence-electron chi connectivity index (χ1n) is 10.3. The Bertz CT molecular complexity index is 869. The number of ether oxygens (including phenoxy) is 1. The van der Waals surface area contributed by atoms with Crippen LogP contribution in [0.4, 0.5) is 4.39 Å². The Hall–Kier alpha value is -2.81. The quantitative estimate of drug-likeness (QED) is 0.774. The van der Waals surface area contributed by atoms with Crippen LogP contribution in [-0.4, -0.2) is 63.7 Å². The van der Waals surface area contributed by atoms with E-state index in [1.807, 2.05) is 30.3 Å². The maximum Gasteiger partial charge on any atom is 0.273 e. The second-order valence-electron chi connectivity index (χ2n) is 7.86. The van der Waals surface area contributed by atoms with Gasteiger partial charge in [0.05, 0.1) is 25.3 Å². The van der Waals surface area contributed by atoms with Crippen molar-refractivity contribution in [1.82, 2.24) is 25.2 Å². The number of nitrogens with one attached hydrogen (secondary N) is 1. The summed E-state index contributed by atoms with van der Waals surface area (Å²) in [5, 5.41) is 10.8. The summed E-state index contributed by atoms with van der Waals surface area (Å²) < 4.78 is 21.0. The van der Waals surface area contributed by atoms with Crippen LogP contribution in [0.15, 0.2) is 36.5 Å². The van der Waals surface area contributed by atoms with Gasteiger partial charge in [-0.15, -0.1) is 5.10 Å². The van der Waals surface area contributed by atoms with E-state index in [1.165, 1.54) is 4.68 Å². The second-order valence-corrected chi connectivity index (χ2v) is 7.86. The molecular weight excluding hydrogens is 389 g/mol. The third-order valence-electron chi connectivity index (χ3n) is 5.68. The molecule has 30 heavy (non-hydrogen) atoms. The van der Waals surface area contributed by atoms with Crippen molar-refractivity contribution in [1.29, 1.82) is 0 Å². The molecule has 1 N–H and O–H groups in total. The number of amides is 2. The molecule has 4 rings (SSSR count). The highest BCUT2D eigenvalue weighted by Gasteiger charge is 2.38. The van der Waals surface area contributed by atoms with E-state index in [4.69, 9.17) is 4.74 Å². The van der Waals surface area contributed by atoms with E-state index >= 15 is 0 Å². The van der Waals surface area contributed by atoms with Crippen LogP contribution in [0.2, 0.25) is 0 Å². The van der Waals surface area contributed by atoms with E-state index in [1.54, 1.807) is 11.1 Å². The Labute approximate surface area is 174 Å². The lowest BCUT2D eigenvalue weighted by Crippen LogP contribution is -2.43. The molecule has 9 heteroatoms. The van der Waals surface area contributed by atoms with Crippen LogP contribution in [-0.2, 0) is 22.6 Å². The number of aromatic nitrogens is 3. The molecule has 2 unspecified atom stereocenters. The summed E-state index contributed by atoms with van der Waals surface area (Å²) in [5.74, 6) is -0.443. The lowest BCUT2D eigenvalue weighted by atomic mass is 9.98. The summed E-state index contributed by atoms with van der Waals surface area (Å²) in [7, 11) is 0. The minimum Gasteiger partial charge on any atom is -0.381 e. The Morgan fingerprint density at radius 3 is 2.73 bits per heavy atom. The second kappa shape index (κ2) is 9.34. The van der Waals surface area contributed by atoms with Crippen LogP contribution >= 0.6 is 0 Å². The van der Waals surface area contributed by atoms with Gasteiger partial charge in [0.2, 0.25) is 5.91 Å². The number of hydrogen-bond donors (Lipinski definition) is 1. The van der Waals surface area contributed by atoms with Crippen molar-refractivity contribution < 1.29 is 18.7 Å². The Morgan fingerprint density at radius 2 is 1.97 bits per heavy atom. The third kappa shape index (κ3) is 4.84. The number of alkyl halides is 1. The molecular formula is C21H26FN5O3. The molecule has 2 fully saturated rings. The third-order valence-corrected chi connectivity index (χ3v) is 5.68. The van der Waals surface area contributed by atoms with Crippen LogP contribution in [0.25, 0.3) is 0 Å². The molecule has 2 aliphatic heterocycles. The van der Waals surface area contributed by atoms with E-state index in [-0.39, 0.29) is 42.4 Å². The van der Waals surface area contributed by atoms with E-state index < -0.39 is 6.17 Å². The highest BCUT2D eigenvalue weighted by Crippen LogP contribution is 2.27. The van der Waals surface area contributed by atoms with Gasteiger partial charge in [-0.05, 0) is 18.4 Å². The van der Waals surface area contributed by atoms with Gasteiger partial charge in [-0.3, -0.25) is 9.59 Å². The smallest absolute Gasteiger partial charge is 0.273 e. The molecule has 1 aromatic heterocycles. The predicted octanol–water partition coefficient (Wildman–Crippen LogP) is 1.57. The van der Waals surface area contributed by atoms with Crippen molar-refractivity contribution in [2.45, 2.75) is 44.6 Å². The van der Waals surface area contributed by atoms with Gasteiger partial charge in [0.25, 0.3) is 5.91 Å². The van der Waals surface area contributed by atoms with Crippen molar-refractivity contribution in [3.63, 3.8) is 0 Å². The van der Waals surface area contributed by atoms with Crippen LogP contribution < -0.4 is 5.32 Å². The predicted molar refractivity (Wildman–Crippen MR) is 106 cm³/mol. The Kier molecular flexibility index (Phi) is 6.37. The van der Waals surface area contributed by atoms with Crippen molar-refractivity contribution in [2.75, 3.05) is 19.8 Å². The van der Waals surface area contributed by atoms with Crippen molar-refractivity contribution >= 4 is 11.8 Å². The van der Waals surface area contributed by atoms with Gasteiger partial charge in [-0.2, -0.15) is 0 Å². The lowest BCUT2D eigenvalue weighted by Gasteiger charge is -2.30. The fourth-order valence-corrected chi connectivity index (χ4v) is 4.06. The number of carbonyl (C=O) groups excluding carboxylic acids is 2. The molecule has 0 radical (unpaired) electrons.